The van der Waals surface area contributed by atoms with Gasteiger partial charge in [0.2, 0.25) is 0 Å². The van der Waals surface area contributed by atoms with Gasteiger partial charge in [-0.25, -0.2) is 4.79 Å². The van der Waals surface area contributed by atoms with Gasteiger partial charge in [0.15, 0.2) is 6.29 Å². The topological polar surface area (TPSA) is 141 Å². The zero-order chi connectivity index (χ0) is 14.7. The highest BCUT2D eigenvalue weighted by Crippen LogP contribution is 1.91. The van der Waals surface area contributed by atoms with Gasteiger partial charge < -0.3 is 25.2 Å². The first-order valence-corrected chi connectivity index (χ1v) is 4.79. The summed E-state index contributed by atoms with van der Waals surface area (Å²) in [6, 6.07) is 0. The maximum Gasteiger partial charge on any atom is 0.333 e. The predicted octanol–water partition coefficient (Wildman–Crippen LogP) is -0.648. The van der Waals surface area contributed by atoms with Crippen molar-refractivity contribution >= 4 is 17.9 Å². The lowest BCUT2D eigenvalue weighted by Gasteiger charge is -2.04. The van der Waals surface area contributed by atoms with Crippen molar-refractivity contribution in [2.24, 2.45) is 0 Å². The fourth-order valence-electron chi connectivity index (χ4n) is 0.487. The van der Waals surface area contributed by atoms with Gasteiger partial charge in [0.1, 0.15) is 6.61 Å². The minimum Gasteiger partial charge on any atom is -0.481 e. The standard InChI is InChI=1S/C6H10O4.C4H6O4/c1-4(2)6(9)10-3-5(7)8;5-3(6)1-2-4(7)8/h5,7-8H,1,3H2,2H3;1-2H2,(H,5,6)(H,7,8). The number of ether oxygens (including phenoxy) is 1. The number of esters is 1. The summed E-state index contributed by atoms with van der Waals surface area (Å²) in [6.07, 6.45) is -2.20. The first kappa shape index (κ1) is 18.4. The van der Waals surface area contributed by atoms with Crippen molar-refractivity contribution in [1.82, 2.24) is 0 Å². The molecule has 104 valence electrons. The van der Waals surface area contributed by atoms with Crippen LogP contribution in [0, 0.1) is 0 Å². The van der Waals surface area contributed by atoms with E-state index in [0.717, 1.165) is 0 Å². The molecule has 0 aromatic heterocycles. The van der Waals surface area contributed by atoms with Crippen LogP contribution in [-0.2, 0) is 19.1 Å². The van der Waals surface area contributed by atoms with Crippen LogP contribution in [0.2, 0.25) is 0 Å². The molecule has 0 fully saturated rings. The molecule has 8 nitrogen and oxygen atoms in total. The molecule has 18 heavy (non-hydrogen) atoms. The number of carbonyl (C=O) groups excluding carboxylic acids is 1. The average molecular weight is 264 g/mol. The van der Waals surface area contributed by atoms with E-state index in [0.29, 0.717) is 0 Å². The first-order chi connectivity index (χ1) is 8.16. The van der Waals surface area contributed by atoms with Crippen molar-refractivity contribution in [3.8, 4) is 0 Å². The maximum absolute atomic E-state index is 10.5. The molecule has 8 heteroatoms. The summed E-state index contributed by atoms with van der Waals surface area (Å²) >= 11 is 0. The number of aliphatic hydroxyl groups is 2. The highest BCUT2D eigenvalue weighted by Gasteiger charge is 2.04. The highest BCUT2D eigenvalue weighted by atomic mass is 16.6. The van der Waals surface area contributed by atoms with Gasteiger partial charge in [-0.2, -0.15) is 0 Å². The van der Waals surface area contributed by atoms with E-state index in [1.54, 1.807) is 0 Å². The van der Waals surface area contributed by atoms with Crippen LogP contribution in [0.25, 0.3) is 0 Å². The van der Waals surface area contributed by atoms with Crippen LogP contribution >= 0.6 is 0 Å². The highest BCUT2D eigenvalue weighted by molar-refractivity contribution is 5.86. The van der Waals surface area contributed by atoms with Crippen molar-refractivity contribution < 1.29 is 39.5 Å². The van der Waals surface area contributed by atoms with Crippen molar-refractivity contribution in [2.75, 3.05) is 6.61 Å². The molecule has 0 saturated heterocycles. The molecule has 0 aromatic carbocycles. The molecule has 0 aliphatic heterocycles. The van der Waals surface area contributed by atoms with Crippen LogP contribution in [0.3, 0.4) is 0 Å². The van der Waals surface area contributed by atoms with Gasteiger partial charge in [0.25, 0.3) is 0 Å². The van der Waals surface area contributed by atoms with Gasteiger partial charge in [0, 0.05) is 5.57 Å². The minimum absolute atomic E-state index is 0.237. The van der Waals surface area contributed by atoms with Crippen LogP contribution in [-0.4, -0.2) is 51.2 Å². The largest absolute Gasteiger partial charge is 0.481 e. The molecule has 0 rings (SSSR count). The Kier molecular flexibility index (Phi) is 10.5. The van der Waals surface area contributed by atoms with Crippen LogP contribution in [0.15, 0.2) is 12.2 Å². The lowest BCUT2D eigenvalue weighted by Crippen LogP contribution is -2.17. The van der Waals surface area contributed by atoms with E-state index in [9.17, 15) is 14.4 Å². The summed E-state index contributed by atoms with van der Waals surface area (Å²) in [5.74, 6) is -2.77. The van der Waals surface area contributed by atoms with E-state index < -0.39 is 30.8 Å². The third kappa shape index (κ3) is 16.5. The minimum atomic E-state index is -1.61. The number of aliphatic hydroxyl groups excluding tert-OH is 1. The molecule has 0 bridgehead atoms. The second-order valence-corrected chi connectivity index (χ2v) is 3.15. The van der Waals surface area contributed by atoms with E-state index in [1.165, 1.54) is 6.92 Å². The zero-order valence-electron chi connectivity index (χ0n) is 9.83. The SMILES string of the molecule is C=C(C)C(=O)OCC(O)O.O=C(O)CCC(=O)O. The summed E-state index contributed by atoms with van der Waals surface area (Å²) in [5.41, 5.74) is 0.237. The summed E-state index contributed by atoms with van der Waals surface area (Å²) in [7, 11) is 0. The Bertz CT molecular complexity index is 293. The Morgan fingerprint density at radius 1 is 1.11 bits per heavy atom. The zero-order valence-corrected chi connectivity index (χ0v) is 9.83. The fourth-order valence-corrected chi connectivity index (χ4v) is 0.487. The van der Waals surface area contributed by atoms with E-state index in [-0.39, 0.29) is 18.4 Å². The maximum atomic E-state index is 10.5. The summed E-state index contributed by atoms with van der Waals surface area (Å²) in [6.45, 7) is 4.36. The van der Waals surface area contributed by atoms with E-state index in [4.69, 9.17) is 20.4 Å². The van der Waals surface area contributed by atoms with Crippen LogP contribution in [0.1, 0.15) is 19.8 Å². The Morgan fingerprint density at radius 3 is 1.72 bits per heavy atom. The molecule has 0 aromatic rings. The second-order valence-electron chi connectivity index (χ2n) is 3.15. The number of aliphatic carboxylic acids is 2. The van der Waals surface area contributed by atoms with Gasteiger partial charge in [-0.05, 0) is 6.92 Å². The molecule has 4 N–H and O–H groups in total. The molecule has 0 aliphatic carbocycles. The average Bonchev–Trinajstić information content (AvgIpc) is 2.23. The molecule has 0 spiro atoms. The molecular weight excluding hydrogens is 248 g/mol. The summed E-state index contributed by atoms with van der Waals surface area (Å²) in [5, 5.41) is 32.3. The van der Waals surface area contributed by atoms with Crippen molar-refractivity contribution in [2.45, 2.75) is 26.1 Å². The predicted molar refractivity (Wildman–Crippen MR) is 58.5 cm³/mol. The molecular formula is C10H16O8. The third-order valence-electron chi connectivity index (χ3n) is 1.26. The number of carboxylic acids is 2. The van der Waals surface area contributed by atoms with Gasteiger partial charge in [-0.3, -0.25) is 9.59 Å². The van der Waals surface area contributed by atoms with Gasteiger partial charge in [0.05, 0.1) is 12.8 Å². The van der Waals surface area contributed by atoms with Gasteiger partial charge >= 0.3 is 17.9 Å². The number of hydrogen-bond donors (Lipinski definition) is 4. The molecule has 0 radical (unpaired) electrons. The number of carbonyl (C=O) groups is 3. The van der Waals surface area contributed by atoms with E-state index in [2.05, 4.69) is 11.3 Å². The normalized spacial score (nSPS) is 9.11. The Hall–Kier alpha value is -1.93. The number of hydrogen-bond acceptors (Lipinski definition) is 6. The van der Waals surface area contributed by atoms with Crippen LogP contribution < -0.4 is 0 Å². The van der Waals surface area contributed by atoms with Crippen molar-refractivity contribution in [1.29, 1.82) is 0 Å². The Morgan fingerprint density at radius 2 is 1.50 bits per heavy atom. The van der Waals surface area contributed by atoms with E-state index >= 15 is 0 Å². The Labute approximate surface area is 103 Å². The van der Waals surface area contributed by atoms with Crippen LogP contribution in [0.5, 0.6) is 0 Å². The van der Waals surface area contributed by atoms with Gasteiger partial charge in [-0.1, -0.05) is 6.58 Å². The summed E-state index contributed by atoms with van der Waals surface area (Å²) < 4.78 is 4.33. The smallest absolute Gasteiger partial charge is 0.333 e. The number of rotatable bonds is 6. The molecule has 0 amide bonds. The van der Waals surface area contributed by atoms with Crippen molar-refractivity contribution in [3.05, 3.63) is 12.2 Å². The molecule has 0 atom stereocenters. The monoisotopic (exact) mass is 264 g/mol. The van der Waals surface area contributed by atoms with Crippen LogP contribution in [0.4, 0.5) is 0 Å². The second kappa shape index (κ2) is 10.2. The van der Waals surface area contributed by atoms with E-state index in [1.807, 2.05) is 0 Å². The van der Waals surface area contributed by atoms with Crippen molar-refractivity contribution in [3.63, 3.8) is 0 Å². The first-order valence-electron chi connectivity index (χ1n) is 4.79. The molecule has 0 saturated carbocycles. The quantitative estimate of drug-likeness (QED) is 0.282. The Balaban J connectivity index is 0. The number of carboxylic acid groups (broad SMARTS) is 2. The molecule has 0 aliphatic rings. The lowest BCUT2D eigenvalue weighted by molar-refractivity contribution is -0.151. The summed E-state index contributed by atoms with van der Waals surface area (Å²) in [4.78, 5) is 29.8. The molecule has 0 heterocycles. The van der Waals surface area contributed by atoms with Gasteiger partial charge in [-0.15, -0.1) is 0 Å². The third-order valence-corrected chi connectivity index (χ3v) is 1.26. The fraction of sp³-hybridized carbons (Fsp3) is 0.500. The lowest BCUT2D eigenvalue weighted by atomic mass is 10.3. The molecule has 0 unspecified atom stereocenters.